The maximum absolute atomic E-state index is 13.9. The number of carbonyl (C=O) groups excluding carboxylic acids is 2. The van der Waals surface area contributed by atoms with Crippen LogP contribution in [0.5, 0.6) is 0 Å². The molecule has 0 saturated carbocycles. The Morgan fingerprint density at radius 1 is 0.923 bits per heavy atom. The number of hydrogen-bond acceptors (Lipinski definition) is 5. The minimum atomic E-state index is -4.11. The quantitative estimate of drug-likeness (QED) is 0.299. The van der Waals surface area contributed by atoms with E-state index in [9.17, 15) is 18.0 Å². The van der Waals surface area contributed by atoms with Gasteiger partial charge in [0, 0.05) is 22.5 Å². The van der Waals surface area contributed by atoms with Gasteiger partial charge in [-0.1, -0.05) is 41.4 Å². The largest absolute Gasteiger partial charge is 0.352 e. The van der Waals surface area contributed by atoms with Crippen LogP contribution < -0.4 is 9.62 Å². The highest BCUT2D eigenvalue weighted by molar-refractivity contribution is 7.98. The van der Waals surface area contributed by atoms with E-state index in [2.05, 4.69) is 5.32 Å². The molecule has 0 radical (unpaired) electrons. The van der Waals surface area contributed by atoms with E-state index in [1.54, 1.807) is 67.6 Å². The smallest absolute Gasteiger partial charge is 0.264 e. The van der Waals surface area contributed by atoms with Gasteiger partial charge in [0.25, 0.3) is 10.0 Å². The summed E-state index contributed by atoms with van der Waals surface area (Å²) in [4.78, 5) is 29.2. The van der Waals surface area contributed by atoms with Crippen LogP contribution in [-0.2, 0) is 26.2 Å². The zero-order valence-corrected chi connectivity index (χ0v) is 25.1. The van der Waals surface area contributed by atoms with Crippen molar-refractivity contribution < 1.29 is 18.0 Å². The lowest BCUT2D eigenvalue weighted by atomic mass is 10.1. The van der Waals surface area contributed by atoms with Crippen LogP contribution in [0, 0.1) is 6.92 Å². The zero-order valence-electron chi connectivity index (χ0n) is 22.7. The molecule has 0 aliphatic carbocycles. The zero-order chi connectivity index (χ0) is 28.7. The lowest BCUT2D eigenvalue weighted by Crippen LogP contribution is -2.52. The summed E-state index contributed by atoms with van der Waals surface area (Å²) in [5.41, 5.74) is 2.07. The summed E-state index contributed by atoms with van der Waals surface area (Å²) >= 11 is 7.54. The van der Waals surface area contributed by atoms with E-state index in [1.807, 2.05) is 27.0 Å². The number of rotatable bonds is 11. The maximum Gasteiger partial charge on any atom is 0.264 e. The molecular formula is C29H34ClN3O4S2. The number of nitrogens with one attached hydrogen (secondary N) is 1. The first-order chi connectivity index (χ1) is 18.4. The van der Waals surface area contributed by atoms with Gasteiger partial charge in [0.2, 0.25) is 11.8 Å². The molecule has 2 amide bonds. The third-order valence-corrected chi connectivity index (χ3v) is 8.90. The normalized spacial score (nSPS) is 12.2. The fraction of sp³-hybridized carbons (Fsp3) is 0.310. The highest BCUT2D eigenvalue weighted by Crippen LogP contribution is 2.26. The SMILES string of the molecule is CSc1ccc(S(=O)(=O)N(CC(=O)N(Cc2ccc(Cl)cc2)[C@@H](C)C(=O)NC(C)C)c2ccc(C)cc2)cc1. The Bertz CT molecular complexity index is 1380. The Kier molecular flexibility index (Phi) is 10.5. The van der Waals surface area contributed by atoms with E-state index < -0.39 is 28.5 Å². The van der Waals surface area contributed by atoms with Crippen LogP contribution in [0.1, 0.15) is 31.9 Å². The van der Waals surface area contributed by atoms with E-state index in [0.29, 0.717) is 10.7 Å². The second-order valence-electron chi connectivity index (χ2n) is 9.51. The van der Waals surface area contributed by atoms with Crippen LogP contribution in [0.3, 0.4) is 0 Å². The van der Waals surface area contributed by atoms with Gasteiger partial charge in [-0.05, 0) is 88.0 Å². The summed E-state index contributed by atoms with van der Waals surface area (Å²) in [6, 6.07) is 19.5. The van der Waals surface area contributed by atoms with Crippen LogP contribution in [0.15, 0.2) is 82.6 Å². The monoisotopic (exact) mass is 587 g/mol. The molecule has 0 aliphatic heterocycles. The third-order valence-electron chi connectivity index (χ3n) is 6.11. The molecule has 3 aromatic carbocycles. The number of carbonyl (C=O) groups is 2. The van der Waals surface area contributed by atoms with Crippen LogP contribution in [-0.4, -0.2) is 50.0 Å². The molecule has 0 heterocycles. The van der Waals surface area contributed by atoms with Gasteiger partial charge in [0.05, 0.1) is 10.6 Å². The van der Waals surface area contributed by atoms with Crippen LogP contribution in [0.25, 0.3) is 0 Å². The molecule has 0 fully saturated rings. The summed E-state index contributed by atoms with van der Waals surface area (Å²) < 4.78 is 28.9. The number of nitrogens with zero attached hydrogens (tertiary/aromatic N) is 2. The van der Waals surface area contributed by atoms with Crippen molar-refractivity contribution in [1.82, 2.24) is 10.2 Å². The van der Waals surface area contributed by atoms with Gasteiger partial charge in [-0.3, -0.25) is 13.9 Å². The van der Waals surface area contributed by atoms with Gasteiger partial charge < -0.3 is 10.2 Å². The number of sulfonamides is 1. The van der Waals surface area contributed by atoms with Crippen molar-refractivity contribution in [3.05, 3.63) is 88.9 Å². The highest BCUT2D eigenvalue weighted by atomic mass is 35.5. The molecule has 3 rings (SSSR count). The molecule has 0 spiro atoms. The summed E-state index contributed by atoms with van der Waals surface area (Å²) in [7, 11) is -4.11. The first-order valence-electron chi connectivity index (χ1n) is 12.5. The molecule has 0 unspecified atom stereocenters. The Hall–Kier alpha value is -3.01. The summed E-state index contributed by atoms with van der Waals surface area (Å²) in [5, 5.41) is 3.39. The second kappa shape index (κ2) is 13.4. The molecule has 0 aliphatic rings. The Morgan fingerprint density at radius 2 is 1.51 bits per heavy atom. The van der Waals surface area contributed by atoms with Gasteiger partial charge in [-0.25, -0.2) is 8.42 Å². The van der Waals surface area contributed by atoms with Crippen molar-refractivity contribution in [2.75, 3.05) is 17.1 Å². The second-order valence-corrected chi connectivity index (χ2v) is 12.7. The van der Waals surface area contributed by atoms with E-state index in [0.717, 1.165) is 20.3 Å². The molecule has 10 heteroatoms. The Labute approximate surface area is 240 Å². The number of amides is 2. The molecule has 39 heavy (non-hydrogen) atoms. The molecular weight excluding hydrogens is 554 g/mol. The first kappa shape index (κ1) is 30.5. The number of aryl methyl sites for hydroxylation is 1. The molecule has 0 aromatic heterocycles. The fourth-order valence-corrected chi connectivity index (χ4v) is 5.84. The molecule has 0 bridgehead atoms. The lowest BCUT2D eigenvalue weighted by Gasteiger charge is -2.32. The lowest BCUT2D eigenvalue weighted by molar-refractivity contribution is -0.139. The first-order valence-corrected chi connectivity index (χ1v) is 15.5. The molecule has 7 nitrogen and oxygen atoms in total. The van der Waals surface area contributed by atoms with Crippen molar-refractivity contribution in [2.24, 2.45) is 0 Å². The van der Waals surface area contributed by atoms with Crippen molar-refractivity contribution in [3.63, 3.8) is 0 Å². The number of thioether (sulfide) groups is 1. The Balaban J connectivity index is 2.02. The van der Waals surface area contributed by atoms with Gasteiger partial charge in [0.1, 0.15) is 12.6 Å². The van der Waals surface area contributed by atoms with E-state index in [4.69, 9.17) is 11.6 Å². The Morgan fingerprint density at radius 3 is 2.05 bits per heavy atom. The number of benzene rings is 3. The maximum atomic E-state index is 13.9. The van der Waals surface area contributed by atoms with Crippen molar-refractivity contribution in [1.29, 1.82) is 0 Å². The summed E-state index contributed by atoms with van der Waals surface area (Å²) in [5.74, 6) is -0.842. The molecule has 1 N–H and O–H groups in total. The van der Waals surface area contributed by atoms with Crippen LogP contribution in [0.4, 0.5) is 5.69 Å². The number of halogens is 1. The summed E-state index contributed by atoms with van der Waals surface area (Å²) in [6.45, 7) is 6.83. The average molecular weight is 588 g/mol. The van der Waals surface area contributed by atoms with Gasteiger partial charge in [-0.2, -0.15) is 0 Å². The standard InChI is InChI=1S/C29H34ClN3O4S2/c1-20(2)31-29(35)22(4)32(18-23-8-10-24(30)11-9-23)28(34)19-33(25-12-6-21(3)7-13-25)39(36,37)27-16-14-26(38-5)15-17-27/h6-17,20,22H,18-19H2,1-5H3,(H,31,35)/t22-/m0/s1. The van der Waals surface area contributed by atoms with Crippen molar-refractivity contribution in [3.8, 4) is 0 Å². The van der Waals surface area contributed by atoms with E-state index in [1.165, 1.54) is 28.8 Å². The molecule has 1 atom stereocenters. The summed E-state index contributed by atoms with van der Waals surface area (Å²) in [6.07, 6.45) is 1.91. The highest BCUT2D eigenvalue weighted by Gasteiger charge is 2.32. The van der Waals surface area contributed by atoms with Crippen molar-refractivity contribution >= 4 is 50.9 Å². The fourth-order valence-electron chi connectivity index (χ4n) is 3.89. The minimum absolute atomic E-state index is 0.0727. The topological polar surface area (TPSA) is 86.8 Å². The van der Waals surface area contributed by atoms with Gasteiger partial charge in [-0.15, -0.1) is 11.8 Å². The number of anilines is 1. The van der Waals surface area contributed by atoms with Crippen molar-refractivity contribution in [2.45, 2.75) is 56.1 Å². The minimum Gasteiger partial charge on any atom is -0.352 e. The third kappa shape index (κ3) is 8.00. The van der Waals surface area contributed by atoms with E-state index in [-0.39, 0.29) is 23.4 Å². The number of hydrogen-bond donors (Lipinski definition) is 1. The molecule has 3 aromatic rings. The average Bonchev–Trinajstić information content (AvgIpc) is 2.91. The van der Waals surface area contributed by atoms with Gasteiger partial charge in [0.15, 0.2) is 0 Å². The predicted molar refractivity (Wildman–Crippen MR) is 159 cm³/mol. The molecule has 208 valence electrons. The van der Waals surface area contributed by atoms with Crippen LogP contribution in [0.2, 0.25) is 5.02 Å². The molecule has 0 saturated heterocycles. The van der Waals surface area contributed by atoms with Crippen LogP contribution >= 0.6 is 23.4 Å². The predicted octanol–water partition coefficient (Wildman–Crippen LogP) is 5.51. The van der Waals surface area contributed by atoms with Gasteiger partial charge >= 0.3 is 0 Å². The van der Waals surface area contributed by atoms with E-state index >= 15 is 0 Å².